The molecule has 0 spiro atoms. The molecule has 3 aromatic carbocycles. The smallest absolute Gasteiger partial charge is 0.322 e. The average molecular weight is 418 g/mol. The minimum atomic E-state index is -0.170. The number of nitrogens with one attached hydrogen (secondary N) is 1. The van der Waals surface area contributed by atoms with E-state index in [0.717, 1.165) is 29.9 Å². The molecule has 1 saturated heterocycles. The molecule has 0 radical (unpaired) electrons. The molecule has 1 fully saturated rings. The molecule has 3 aromatic rings. The predicted molar refractivity (Wildman–Crippen MR) is 120 cm³/mol. The topological polar surface area (TPSA) is 60.0 Å². The van der Waals surface area contributed by atoms with Crippen molar-refractivity contribution in [2.24, 2.45) is 0 Å². The highest BCUT2D eigenvalue weighted by Crippen LogP contribution is 2.39. The number of methoxy groups -OCH3 is 2. The summed E-state index contributed by atoms with van der Waals surface area (Å²) in [6.45, 7) is 0.665. The SMILES string of the molecule is COc1ccc(OC)c(C2CCCN2C(=O)Nc2ccccc2Oc2ccccc2)c1. The highest BCUT2D eigenvalue weighted by Gasteiger charge is 2.32. The number of anilines is 1. The molecule has 31 heavy (non-hydrogen) atoms. The number of hydrogen-bond donors (Lipinski definition) is 1. The van der Waals surface area contributed by atoms with Gasteiger partial charge in [-0.3, -0.25) is 0 Å². The molecule has 1 aliphatic rings. The zero-order valence-electron chi connectivity index (χ0n) is 17.7. The van der Waals surface area contributed by atoms with Gasteiger partial charge in [-0.2, -0.15) is 0 Å². The fourth-order valence-corrected chi connectivity index (χ4v) is 3.89. The third-order valence-electron chi connectivity index (χ3n) is 5.41. The van der Waals surface area contributed by atoms with Gasteiger partial charge in [0.2, 0.25) is 0 Å². The Hall–Kier alpha value is -3.67. The lowest BCUT2D eigenvalue weighted by Gasteiger charge is -2.27. The van der Waals surface area contributed by atoms with Crippen LogP contribution in [0, 0.1) is 0 Å². The van der Waals surface area contributed by atoms with E-state index in [-0.39, 0.29) is 12.1 Å². The monoisotopic (exact) mass is 418 g/mol. The van der Waals surface area contributed by atoms with Crippen LogP contribution in [0.4, 0.5) is 10.5 Å². The molecule has 0 aromatic heterocycles. The van der Waals surface area contributed by atoms with Gasteiger partial charge in [-0.05, 0) is 55.3 Å². The zero-order chi connectivity index (χ0) is 21.6. The summed E-state index contributed by atoms with van der Waals surface area (Å²) < 4.78 is 16.9. The molecule has 1 N–H and O–H groups in total. The normalized spacial score (nSPS) is 15.4. The number of carbonyl (C=O) groups is 1. The second-order valence-electron chi connectivity index (χ2n) is 7.30. The first-order valence-electron chi connectivity index (χ1n) is 10.3. The summed E-state index contributed by atoms with van der Waals surface area (Å²) >= 11 is 0. The quantitative estimate of drug-likeness (QED) is 0.544. The van der Waals surface area contributed by atoms with Crippen LogP contribution in [-0.4, -0.2) is 31.7 Å². The number of carbonyl (C=O) groups excluding carboxylic acids is 1. The summed E-state index contributed by atoms with van der Waals surface area (Å²) in [6, 6.07) is 22.4. The fourth-order valence-electron chi connectivity index (χ4n) is 3.89. The number of amides is 2. The fraction of sp³-hybridized carbons (Fsp3) is 0.240. The molecular weight excluding hydrogens is 392 g/mol. The van der Waals surface area contributed by atoms with Crippen molar-refractivity contribution < 1.29 is 19.0 Å². The van der Waals surface area contributed by atoms with E-state index in [2.05, 4.69) is 5.32 Å². The summed E-state index contributed by atoms with van der Waals surface area (Å²) in [5.74, 6) is 2.80. The average Bonchev–Trinajstić information content (AvgIpc) is 3.30. The molecular formula is C25H26N2O4. The second-order valence-corrected chi connectivity index (χ2v) is 7.30. The zero-order valence-corrected chi connectivity index (χ0v) is 17.7. The molecule has 2 amide bonds. The standard InChI is InChI=1S/C25H26N2O4/c1-29-19-14-15-23(30-2)20(17-19)22-12-8-16-27(22)25(28)26-21-11-6-7-13-24(21)31-18-9-4-3-5-10-18/h3-7,9-11,13-15,17,22H,8,12,16H2,1-2H3,(H,26,28). The van der Waals surface area contributed by atoms with Crippen LogP contribution in [0.5, 0.6) is 23.0 Å². The van der Waals surface area contributed by atoms with Gasteiger partial charge in [-0.1, -0.05) is 30.3 Å². The second kappa shape index (κ2) is 9.43. The molecule has 1 aliphatic heterocycles. The Morgan fingerprint density at radius 1 is 0.903 bits per heavy atom. The van der Waals surface area contributed by atoms with Gasteiger partial charge in [-0.15, -0.1) is 0 Å². The van der Waals surface area contributed by atoms with Gasteiger partial charge in [0.15, 0.2) is 5.75 Å². The van der Waals surface area contributed by atoms with Crippen LogP contribution < -0.4 is 19.5 Å². The van der Waals surface area contributed by atoms with Gasteiger partial charge in [-0.25, -0.2) is 4.79 Å². The summed E-state index contributed by atoms with van der Waals surface area (Å²) in [4.78, 5) is 15.1. The molecule has 1 unspecified atom stereocenters. The van der Waals surface area contributed by atoms with Gasteiger partial charge in [0.05, 0.1) is 25.9 Å². The lowest BCUT2D eigenvalue weighted by Crippen LogP contribution is -2.34. The van der Waals surface area contributed by atoms with Gasteiger partial charge in [0.25, 0.3) is 0 Å². The van der Waals surface area contributed by atoms with Crippen LogP contribution >= 0.6 is 0 Å². The Balaban J connectivity index is 1.55. The van der Waals surface area contributed by atoms with Crippen molar-refractivity contribution in [2.45, 2.75) is 18.9 Å². The van der Waals surface area contributed by atoms with Crippen LogP contribution in [0.25, 0.3) is 0 Å². The Morgan fingerprint density at radius 2 is 1.68 bits per heavy atom. The van der Waals surface area contributed by atoms with Gasteiger partial charge >= 0.3 is 6.03 Å². The van der Waals surface area contributed by atoms with E-state index in [0.29, 0.717) is 23.7 Å². The van der Waals surface area contributed by atoms with Crippen molar-refractivity contribution in [2.75, 3.05) is 26.1 Å². The van der Waals surface area contributed by atoms with Gasteiger partial charge in [0, 0.05) is 12.1 Å². The van der Waals surface area contributed by atoms with E-state index < -0.39 is 0 Å². The number of para-hydroxylation sites is 3. The summed E-state index contributed by atoms with van der Waals surface area (Å²) in [6.07, 6.45) is 1.78. The number of ether oxygens (including phenoxy) is 3. The first-order chi connectivity index (χ1) is 15.2. The van der Waals surface area contributed by atoms with E-state index in [4.69, 9.17) is 14.2 Å². The van der Waals surface area contributed by atoms with E-state index in [1.54, 1.807) is 14.2 Å². The molecule has 0 aliphatic carbocycles. The van der Waals surface area contributed by atoms with Crippen molar-refractivity contribution >= 4 is 11.7 Å². The molecule has 0 bridgehead atoms. The summed E-state index contributed by atoms with van der Waals surface area (Å²) in [5.41, 5.74) is 1.57. The number of urea groups is 1. The molecule has 6 nitrogen and oxygen atoms in total. The molecule has 1 heterocycles. The van der Waals surface area contributed by atoms with Gasteiger partial charge < -0.3 is 24.4 Å². The molecule has 4 rings (SSSR count). The maximum absolute atomic E-state index is 13.2. The Bertz CT molecular complexity index is 1040. The van der Waals surface area contributed by atoms with Crippen molar-refractivity contribution in [1.29, 1.82) is 0 Å². The Labute approximate surface area is 182 Å². The number of likely N-dealkylation sites (tertiary alicyclic amines) is 1. The van der Waals surface area contributed by atoms with Crippen molar-refractivity contribution in [3.8, 4) is 23.0 Å². The number of nitrogens with zero attached hydrogens (tertiary/aromatic N) is 1. The third-order valence-corrected chi connectivity index (χ3v) is 5.41. The first-order valence-corrected chi connectivity index (χ1v) is 10.3. The minimum Gasteiger partial charge on any atom is -0.497 e. The van der Waals surface area contributed by atoms with Crippen LogP contribution in [0.2, 0.25) is 0 Å². The van der Waals surface area contributed by atoms with E-state index in [1.807, 2.05) is 77.7 Å². The van der Waals surface area contributed by atoms with Crippen molar-refractivity contribution in [3.63, 3.8) is 0 Å². The molecule has 160 valence electrons. The van der Waals surface area contributed by atoms with Crippen LogP contribution in [0.3, 0.4) is 0 Å². The van der Waals surface area contributed by atoms with Crippen molar-refractivity contribution in [3.05, 3.63) is 78.4 Å². The molecule has 1 atom stereocenters. The molecule has 6 heteroatoms. The minimum absolute atomic E-state index is 0.0905. The largest absolute Gasteiger partial charge is 0.497 e. The highest BCUT2D eigenvalue weighted by molar-refractivity contribution is 5.91. The highest BCUT2D eigenvalue weighted by atomic mass is 16.5. The third kappa shape index (κ3) is 4.58. The first kappa shape index (κ1) is 20.6. The number of rotatable bonds is 6. The maximum atomic E-state index is 13.2. The van der Waals surface area contributed by atoms with E-state index >= 15 is 0 Å². The maximum Gasteiger partial charge on any atom is 0.322 e. The lowest BCUT2D eigenvalue weighted by molar-refractivity contribution is 0.206. The van der Waals surface area contributed by atoms with E-state index in [1.165, 1.54) is 0 Å². The summed E-state index contributed by atoms with van der Waals surface area (Å²) in [7, 11) is 3.27. The van der Waals surface area contributed by atoms with Crippen LogP contribution in [-0.2, 0) is 0 Å². The summed E-state index contributed by atoms with van der Waals surface area (Å²) in [5, 5.41) is 3.03. The lowest BCUT2D eigenvalue weighted by atomic mass is 10.0. The van der Waals surface area contributed by atoms with Crippen LogP contribution in [0.15, 0.2) is 72.8 Å². The Kier molecular flexibility index (Phi) is 6.26. The van der Waals surface area contributed by atoms with Crippen LogP contribution in [0.1, 0.15) is 24.4 Å². The predicted octanol–water partition coefficient (Wildman–Crippen LogP) is 5.87. The van der Waals surface area contributed by atoms with Gasteiger partial charge in [0.1, 0.15) is 17.2 Å². The number of hydrogen-bond acceptors (Lipinski definition) is 4. The Morgan fingerprint density at radius 3 is 2.45 bits per heavy atom. The molecule has 0 saturated carbocycles. The number of benzene rings is 3. The van der Waals surface area contributed by atoms with Crippen molar-refractivity contribution in [1.82, 2.24) is 4.90 Å². The van der Waals surface area contributed by atoms with E-state index in [9.17, 15) is 4.79 Å².